The van der Waals surface area contributed by atoms with Crippen LogP contribution in [0.1, 0.15) is 45.2 Å². The predicted octanol–water partition coefficient (Wildman–Crippen LogP) is 3.08. The van der Waals surface area contributed by atoms with E-state index in [9.17, 15) is 34.5 Å². The molecule has 10 nitrogen and oxygen atoms in total. The lowest BCUT2D eigenvalue weighted by atomic mass is 9.95. The summed E-state index contributed by atoms with van der Waals surface area (Å²) in [4.78, 5) is 46.8. The van der Waals surface area contributed by atoms with Crippen LogP contribution in [0, 0.1) is 0 Å². The number of rotatable bonds is 8. The number of carboxylic acids is 2. The molecule has 2 unspecified atom stereocenters. The summed E-state index contributed by atoms with van der Waals surface area (Å²) in [5, 5.41) is 31.6. The molecule has 1 aliphatic heterocycles. The van der Waals surface area contributed by atoms with E-state index in [0.29, 0.717) is 0 Å². The van der Waals surface area contributed by atoms with Crippen LogP contribution in [0.3, 0.4) is 0 Å². The monoisotopic (exact) mass is 535 g/mol. The number of aliphatic carboxylic acids is 2. The van der Waals surface area contributed by atoms with Crippen molar-refractivity contribution in [3.8, 4) is 0 Å². The second-order valence-electron chi connectivity index (χ2n) is 8.61. The number of carboxylic acid groups (broad SMARTS) is 2. The number of piperidine rings is 1. The Balaban J connectivity index is 0.000000268. The van der Waals surface area contributed by atoms with Crippen molar-refractivity contribution in [3.63, 3.8) is 0 Å². The minimum Gasteiger partial charge on any atom is -0.478 e. The van der Waals surface area contributed by atoms with Crippen LogP contribution in [0.15, 0.2) is 91.0 Å². The van der Waals surface area contributed by atoms with Crippen molar-refractivity contribution in [2.24, 2.45) is 0 Å². The number of esters is 2. The van der Waals surface area contributed by atoms with Gasteiger partial charge in [-0.1, -0.05) is 66.7 Å². The summed E-state index contributed by atoms with van der Waals surface area (Å²) < 4.78 is 9.52. The molecule has 0 aromatic heterocycles. The lowest BCUT2D eigenvalue weighted by molar-refractivity contribution is -0.166. The van der Waals surface area contributed by atoms with Gasteiger partial charge in [0.1, 0.15) is 0 Å². The van der Waals surface area contributed by atoms with E-state index in [2.05, 4.69) is 17.4 Å². The summed E-state index contributed by atoms with van der Waals surface area (Å²) in [6.45, 7) is 1.01. The minimum absolute atomic E-state index is 0.0253. The molecule has 10 heteroatoms. The minimum atomic E-state index is -2.21. The first-order valence-corrected chi connectivity index (χ1v) is 12.2. The van der Waals surface area contributed by atoms with Crippen molar-refractivity contribution < 1.29 is 44.0 Å². The summed E-state index contributed by atoms with van der Waals surface area (Å²) in [6, 6.07) is 25.1. The Hall–Kier alpha value is -4.54. The Morgan fingerprint density at radius 3 is 1.49 bits per heavy atom. The van der Waals surface area contributed by atoms with E-state index in [4.69, 9.17) is 9.47 Å². The van der Waals surface area contributed by atoms with Gasteiger partial charge in [-0.05, 0) is 49.2 Å². The lowest BCUT2D eigenvalue weighted by Crippen LogP contribution is -2.45. The Labute approximate surface area is 224 Å². The van der Waals surface area contributed by atoms with E-state index in [1.54, 1.807) is 12.1 Å². The molecular weight excluding hydrogens is 506 g/mol. The normalized spacial score (nSPS) is 17.9. The Kier molecular flexibility index (Phi) is 10.7. The van der Waals surface area contributed by atoms with Crippen LogP contribution in [0.5, 0.6) is 0 Å². The summed E-state index contributed by atoms with van der Waals surface area (Å²) >= 11 is 0. The number of aliphatic hydroxyl groups excluding tert-OH is 1. The largest absolute Gasteiger partial charge is 0.478 e. The molecule has 3 aromatic carbocycles. The van der Waals surface area contributed by atoms with Crippen LogP contribution >= 0.6 is 0 Å². The molecule has 0 radical (unpaired) electrons. The topological polar surface area (TPSA) is 159 Å². The van der Waals surface area contributed by atoms with E-state index in [1.165, 1.54) is 54.1 Å². The summed E-state index contributed by atoms with van der Waals surface area (Å²) in [5.74, 6) is -5.63. The highest BCUT2D eigenvalue weighted by atomic mass is 16.6. The molecule has 4 rings (SSSR count). The SMILES string of the molecule is O=C(OC(C(=O)O)C(OC(=O)c1ccccc1)C(=O)O)c1ccccc1.O[C@@H]1CCCN[C@@H]1c1ccccc1. The summed E-state index contributed by atoms with van der Waals surface area (Å²) in [5.41, 5.74) is 1.24. The Morgan fingerprint density at radius 2 is 1.10 bits per heavy atom. The average Bonchev–Trinajstić information content (AvgIpc) is 2.96. The van der Waals surface area contributed by atoms with Gasteiger partial charge in [-0.2, -0.15) is 0 Å². The first-order chi connectivity index (χ1) is 18.8. The smallest absolute Gasteiger partial charge is 0.349 e. The fourth-order valence-corrected chi connectivity index (χ4v) is 3.87. The van der Waals surface area contributed by atoms with E-state index in [-0.39, 0.29) is 23.3 Å². The molecule has 0 aliphatic carbocycles. The van der Waals surface area contributed by atoms with E-state index >= 15 is 0 Å². The third-order valence-electron chi connectivity index (χ3n) is 5.83. The van der Waals surface area contributed by atoms with Crippen molar-refractivity contribution in [2.75, 3.05) is 6.54 Å². The van der Waals surface area contributed by atoms with Gasteiger partial charge in [-0.15, -0.1) is 0 Å². The molecule has 0 amide bonds. The first-order valence-electron chi connectivity index (χ1n) is 12.2. The highest BCUT2D eigenvalue weighted by molar-refractivity contribution is 5.95. The van der Waals surface area contributed by atoms with Crippen molar-refractivity contribution in [3.05, 3.63) is 108 Å². The maximum atomic E-state index is 12.0. The average molecular weight is 536 g/mol. The molecule has 0 bridgehead atoms. The van der Waals surface area contributed by atoms with Crippen LogP contribution in [-0.2, 0) is 19.1 Å². The van der Waals surface area contributed by atoms with Crippen molar-refractivity contribution in [2.45, 2.75) is 37.2 Å². The van der Waals surface area contributed by atoms with Gasteiger partial charge in [0, 0.05) is 0 Å². The number of hydrogen-bond donors (Lipinski definition) is 4. The lowest BCUT2D eigenvalue weighted by Gasteiger charge is -2.29. The van der Waals surface area contributed by atoms with Crippen LogP contribution in [0.2, 0.25) is 0 Å². The molecular formula is C29H29NO9. The third-order valence-corrected chi connectivity index (χ3v) is 5.83. The standard InChI is InChI=1S/C18H14O8.C11H15NO/c19-15(20)13(25-17(23)11-7-3-1-4-8-11)14(16(21)22)26-18(24)12-9-5-2-6-10-12;13-10-7-4-8-12-11(10)9-5-2-1-3-6-9/h1-10,13-14H,(H,19,20)(H,21,22);1-3,5-6,10-13H,4,7-8H2/t;10-,11-/m.1/s1. The number of carbonyl (C=O) groups is 4. The van der Waals surface area contributed by atoms with E-state index < -0.39 is 36.1 Å². The molecule has 0 saturated carbocycles. The van der Waals surface area contributed by atoms with E-state index in [1.807, 2.05) is 18.2 Å². The van der Waals surface area contributed by atoms with Gasteiger partial charge in [-0.25, -0.2) is 19.2 Å². The molecule has 3 aromatic rings. The van der Waals surface area contributed by atoms with Gasteiger partial charge < -0.3 is 30.1 Å². The van der Waals surface area contributed by atoms with Gasteiger partial charge in [0.25, 0.3) is 0 Å². The van der Waals surface area contributed by atoms with Crippen LogP contribution in [0.4, 0.5) is 0 Å². The first kappa shape index (κ1) is 29.0. The maximum absolute atomic E-state index is 12.0. The van der Waals surface area contributed by atoms with Crippen LogP contribution in [-0.4, -0.2) is 64.1 Å². The highest BCUT2D eigenvalue weighted by Crippen LogP contribution is 2.22. The quantitative estimate of drug-likeness (QED) is 0.316. The summed E-state index contributed by atoms with van der Waals surface area (Å²) in [7, 11) is 0. The van der Waals surface area contributed by atoms with Crippen molar-refractivity contribution in [1.82, 2.24) is 5.32 Å². The molecule has 4 atom stereocenters. The fraction of sp³-hybridized carbons (Fsp3) is 0.241. The molecule has 1 heterocycles. The number of carbonyl (C=O) groups excluding carboxylic acids is 2. The molecule has 39 heavy (non-hydrogen) atoms. The van der Waals surface area contributed by atoms with Gasteiger partial charge in [0.2, 0.25) is 12.2 Å². The van der Waals surface area contributed by atoms with Gasteiger partial charge in [-0.3, -0.25) is 0 Å². The van der Waals surface area contributed by atoms with Gasteiger partial charge in [0.15, 0.2) is 0 Å². The molecule has 4 N–H and O–H groups in total. The second kappa shape index (κ2) is 14.4. The molecule has 0 spiro atoms. The zero-order chi connectivity index (χ0) is 28.2. The number of nitrogens with one attached hydrogen (secondary N) is 1. The molecule has 1 aliphatic rings. The van der Waals surface area contributed by atoms with Crippen LogP contribution < -0.4 is 5.32 Å². The predicted molar refractivity (Wildman–Crippen MR) is 139 cm³/mol. The Morgan fingerprint density at radius 1 is 0.692 bits per heavy atom. The molecule has 1 saturated heterocycles. The van der Waals surface area contributed by atoms with Crippen molar-refractivity contribution in [1.29, 1.82) is 0 Å². The molecule has 1 fully saturated rings. The van der Waals surface area contributed by atoms with E-state index in [0.717, 1.165) is 19.4 Å². The fourth-order valence-electron chi connectivity index (χ4n) is 3.87. The number of aliphatic hydroxyl groups is 1. The van der Waals surface area contributed by atoms with Gasteiger partial charge in [0.05, 0.1) is 23.3 Å². The number of hydrogen-bond acceptors (Lipinski definition) is 8. The van der Waals surface area contributed by atoms with Crippen molar-refractivity contribution >= 4 is 23.9 Å². The Bertz CT molecular complexity index is 1170. The maximum Gasteiger partial charge on any atom is 0.349 e. The van der Waals surface area contributed by atoms with Gasteiger partial charge >= 0.3 is 23.9 Å². The van der Waals surface area contributed by atoms with Crippen LogP contribution in [0.25, 0.3) is 0 Å². The highest BCUT2D eigenvalue weighted by Gasteiger charge is 2.41. The summed E-state index contributed by atoms with van der Waals surface area (Å²) in [6.07, 6.45) is -2.67. The third kappa shape index (κ3) is 8.49. The molecule has 204 valence electrons. The number of ether oxygens (including phenoxy) is 2. The zero-order valence-corrected chi connectivity index (χ0v) is 20.9. The number of benzene rings is 3. The zero-order valence-electron chi connectivity index (χ0n) is 20.9. The second-order valence-corrected chi connectivity index (χ2v) is 8.61.